The van der Waals surface area contributed by atoms with Crippen LogP contribution in [-0.2, 0) is 4.74 Å². The van der Waals surface area contributed by atoms with Gasteiger partial charge < -0.3 is 15.0 Å². The zero-order valence-corrected chi connectivity index (χ0v) is 8.88. The third-order valence-corrected chi connectivity index (χ3v) is 2.02. The Labute approximate surface area is 92.0 Å². The molecule has 7 nitrogen and oxygen atoms in total. The molecule has 86 valence electrons. The summed E-state index contributed by atoms with van der Waals surface area (Å²) in [5.41, 5.74) is 6.55. The summed E-state index contributed by atoms with van der Waals surface area (Å²) in [6, 6.07) is -0.371. The highest BCUT2D eigenvalue weighted by atomic mass is 16.5. The Balaban J connectivity index is 2.07. The van der Waals surface area contributed by atoms with E-state index in [9.17, 15) is 0 Å². The number of rotatable bonds is 5. The first-order valence-corrected chi connectivity index (χ1v) is 4.97. The van der Waals surface area contributed by atoms with E-state index in [0.29, 0.717) is 24.9 Å². The zero-order valence-electron chi connectivity index (χ0n) is 8.88. The van der Waals surface area contributed by atoms with Gasteiger partial charge in [-0.15, -0.1) is 0 Å². The highest BCUT2D eigenvalue weighted by molar-refractivity contribution is 5.49. The van der Waals surface area contributed by atoms with Gasteiger partial charge in [-0.1, -0.05) is 5.16 Å². The van der Waals surface area contributed by atoms with Crippen molar-refractivity contribution < 1.29 is 9.26 Å². The van der Waals surface area contributed by atoms with Gasteiger partial charge in [-0.2, -0.15) is 10.1 Å². The van der Waals surface area contributed by atoms with Crippen molar-refractivity contribution in [2.45, 2.75) is 13.0 Å². The van der Waals surface area contributed by atoms with Gasteiger partial charge in [-0.25, -0.2) is 0 Å². The zero-order chi connectivity index (χ0) is 11.4. The molecule has 1 atom stereocenters. The lowest BCUT2D eigenvalue weighted by Gasteiger charge is -2.05. The van der Waals surface area contributed by atoms with Gasteiger partial charge in [0.1, 0.15) is 0 Å². The summed E-state index contributed by atoms with van der Waals surface area (Å²) in [5, 5.41) is 10.3. The van der Waals surface area contributed by atoms with Crippen molar-refractivity contribution in [1.82, 2.24) is 20.3 Å². The van der Waals surface area contributed by atoms with Crippen molar-refractivity contribution >= 4 is 0 Å². The molecular formula is C9H13N5O2. The van der Waals surface area contributed by atoms with E-state index in [1.54, 1.807) is 12.4 Å². The number of hydrogen-bond donors (Lipinski definition) is 2. The minimum atomic E-state index is -0.371. The molecule has 3 N–H and O–H groups in total. The molecule has 0 aliphatic heterocycles. The van der Waals surface area contributed by atoms with Gasteiger partial charge in [0.15, 0.2) is 5.82 Å². The second-order valence-electron chi connectivity index (χ2n) is 3.21. The first kappa shape index (κ1) is 10.8. The second kappa shape index (κ2) is 4.86. The fourth-order valence-corrected chi connectivity index (χ4v) is 1.19. The number of nitrogens with zero attached hydrogens (tertiary/aromatic N) is 3. The van der Waals surface area contributed by atoms with Crippen LogP contribution in [0.2, 0.25) is 0 Å². The van der Waals surface area contributed by atoms with Crippen LogP contribution in [0, 0.1) is 0 Å². The molecule has 16 heavy (non-hydrogen) atoms. The monoisotopic (exact) mass is 223 g/mol. The number of ether oxygens (including phenoxy) is 1. The fraction of sp³-hybridized carbons (Fsp3) is 0.444. The molecule has 2 heterocycles. The molecule has 0 amide bonds. The van der Waals surface area contributed by atoms with E-state index >= 15 is 0 Å². The molecule has 1 unspecified atom stereocenters. The molecule has 0 saturated heterocycles. The summed E-state index contributed by atoms with van der Waals surface area (Å²) in [4.78, 5) is 4.16. The highest BCUT2D eigenvalue weighted by Crippen LogP contribution is 2.16. The predicted molar refractivity (Wildman–Crippen MR) is 55.3 cm³/mol. The van der Waals surface area contributed by atoms with Crippen molar-refractivity contribution in [3.8, 4) is 11.5 Å². The topological polar surface area (TPSA) is 103 Å². The molecule has 7 heteroatoms. The molecule has 0 radical (unpaired) electrons. The summed E-state index contributed by atoms with van der Waals surface area (Å²) in [6.07, 6.45) is 3.27. The van der Waals surface area contributed by atoms with Gasteiger partial charge in [-0.3, -0.25) is 5.10 Å². The minimum Gasteiger partial charge on any atom is -0.380 e. The molecule has 0 fully saturated rings. The molecule has 2 rings (SSSR count). The smallest absolute Gasteiger partial charge is 0.261 e. The maximum absolute atomic E-state index is 5.81. The average Bonchev–Trinajstić information content (AvgIpc) is 2.94. The van der Waals surface area contributed by atoms with Crippen LogP contribution in [0.5, 0.6) is 0 Å². The number of nitrogens with one attached hydrogen (secondary N) is 1. The largest absolute Gasteiger partial charge is 0.380 e. The van der Waals surface area contributed by atoms with E-state index in [1.165, 1.54) is 0 Å². The van der Waals surface area contributed by atoms with E-state index in [0.717, 1.165) is 5.56 Å². The van der Waals surface area contributed by atoms with Crippen molar-refractivity contribution in [1.29, 1.82) is 0 Å². The van der Waals surface area contributed by atoms with Crippen molar-refractivity contribution in [2.75, 3.05) is 13.2 Å². The lowest BCUT2D eigenvalue weighted by Crippen LogP contribution is -2.18. The van der Waals surface area contributed by atoms with Gasteiger partial charge in [-0.05, 0) is 6.92 Å². The van der Waals surface area contributed by atoms with E-state index < -0.39 is 0 Å². The molecule has 0 saturated carbocycles. The molecule has 2 aromatic heterocycles. The van der Waals surface area contributed by atoms with Gasteiger partial charge >= 0.3 is 0 Å². The maximum Gasteiger partial charge on any atom is 0.261 e. The summed E-state index contributed by atoms with van der Waals surface area (Å²) in [6.45, 7) is 2.89. The van der Waals surface area contributed by atoms with Crippen LogP contribution in [0.1, 0.15) is 18.8 Å². The Hall–Kier alpha value is -1.73. The predicted octanol–water partition coefficient (Wildman–Crippen LogP) is 0.496. The normalized spacial score (nSPS) is 12.9. The van der Waals surface area contributed by atoms with Crippen LogP contribution < -0.4 is 5.73 Å². The number of H-pyrrole nitrogens is 1. The Morgan fingerprint density at radius 1 is 1.62 bits per heavy atom. The standard InChI is InChI=1S/C9H13N5O2/c1-2-15-5-7(10)8-13-9(16-14-8)6-3-11-12-4-6/h3-4,7H,2,5,10H2,1H3,(H,11,12). The van der Waals surface area contributed by atoms with Crippen molar-refractivity contribution in [3.05, 3.63) is 18.2 Å². The molecule has 0 aliphatic carbocycles. The number of aromatic amines is 1. The first-order valence-electron chi connectivity index (χ1n) is 4.97. The van der Waals surface area contributed by atoms with Crippen molar-refractivity contribution in [2.24, 2.45) is 5.73 Å². The lowest BCUT2D eigenvalue weighted by molar-refractivity contribution is 0.130. The second-order valence-corrected chi connectivity index (χ2v) is 3.21. The maximum atomic E-state index is 5.81. The number of aromatic nitrogens is 4. The van der Waals surface area contributed by atoms with Gasteiger partial charge in [0.2, 0.25) is 0 Å². The summed E-state index contributed by atoms with van der Waals surface area (Å²) < 4.78 is 10.2. The first-order chi connectivity index (χ1) is 7.81. The Kier molecular flexibility index (Phi) is 3.28. The van der Waals surface area contributed by atoms with E-state index in [4.69, 9.17) is 15.0 Å². The third kappa shape index (κ3) is 2.26. The molecule has 0 spiro atoms. The SMILES string of the molecule is CCOCC(N)c1noc(-c2cn[nH]c2)n1. The Morgan fingerprint density at radius 2 is 2.50 bits per heavy atom. The van der Waals surface area contributed by atoms with Crippen LogP contribution in [0.25, 0.3) is 11.5 Å². The molecular weight excluding hydrogens is 210 g/mol. The summed E-state index contributed by atoms with van der Waals surface area (Å²) in [7, 11) is 0. The minimum absolute atomic E-state index is 0.371. The fourth-order valence-electron chi connectivity index (χ4n) is 1.19. The van der Waals surface area contributed by atoms with Gasteiger partial charge in [0, 0.05) is 12.8 Å². The van der Waals surface area contributed by atoms with Crippen LogP contribution >= 0.6 is 0 Å². The Bertz CT molecular complexity index is 425. The Morgan fingerprint density at radius 3 is 3.19 bits per heavy atom. The van der Waals surface area contributed by atoms with E-state index in [1.807, 2.05) is 6.92 Å². The highest BCUT2D eigenvalue weighted by Gasteiger charge is 2.15. The van der Waals surface area contributed by atoms with Crippen LogP contribution in [0.4, 0.5) is 0 Å². The quantitative estimate of drug-likeness (QED) is 0.764. The summed E-state index contributed by atoms with van der Waals surface area (Å²) in [5.74, 6) is 0.834. The lowest BCUT2D eigenvalue weighted by atomic mass is 10.3. The molecule has 0 bridgehead atoms. The number of nitrogens with two attached hydrogens (primary N) is 1. The number of hydrogen-bond acceptors (Lipinski definition) is 6. The van der Waals surface area contributed by atoms with Crippen LogP contribution in [-0.4, -0.2) is 33.6 Å². The van der Waals surface area contributed by atoms with E-state index in [2.05, 4.69) is 20.3 Å². The molecule has 2 aromatic rings. The van der Waals surface area contributed by atoms with Gasteiger partial charge in [0.05, 0.1) is 24.4 Å². The van der Waals surface area contributed by atoms with Crippen molar-refractivity contribution in [3.63, 3.8) is 0 Å². The van der Waals surface area contributed by atoms with Crippen LogP contribution in [0.15, 0.2) is 16.9 Å². The van der Waals surface area contributed by atoms with E-state index in [-0.39, 0.29) is 6.04 Å². The van der Waals surface area contributed by atoms with Crippen LogP contribution in [0.3, 0.4) is 0 Å². The summed E-state index contributed by atoms with van der Waals surface area (Å²) >= 11 is 0. The molecule has 0 aromatic carbocycles. The average molecular weight is 223 g/mol. The molecule has 0 aliphatic rings. The van der Waals surface area contributed by atoms with Gasteiger partial charge in [0.25, 0.3) is 5.89 Å². The third-order valence-electron chi connectivity index (χ3n) is 2.02.